The Morgan fingerprint density at radius 1 is 1.71 bits per heavy atom. The fourth-order valence-electron chi connectivity index (χ4n) is 1.27. The first-order valence-electron chi connectivity index (χ1n) is 4.59. The van der Waals surface area contributed by atoms with Crippen molar-refractivity contribution in [2.75, 3.05) is 7.05 Å². The zero-order chi connectivity index (χ0) is 10.6. The summed E-state index contributed by atoms with van der Waals surface area (Å²) in [5.74, 6) is 0. The Labute approximate surface area is 94.7 Å². The summed E-state index contributed by atoms with van der Waals surface area (Å²) in [6.45, 7) is 3.11. The van der Waals surface area contributed by atoms with Crippen LogP contribution in [-0.2, 0) is 6.54 Å². The maximum absolute atomic E-state index is 5.51. The lowest BCUT2D eigenvalue weighted by Crippen LogP contribution is -2.31. The quantitative estimate of drug-likeness (QED) is 0.784. The van der Waals surface area contributed by atoms with E-state index in [1.165, 1.54) is 5.56 Å². The molecule has 1 rings (SSSR count). The Bertz CT molecular complexity index is 282. The molecule has 1 aromatic heterocycles. The summed E-state index contributed by atoms with van der Waals surface area (Å²) >= 11 is 6.62. The first-order valence-corrected chi connectivity index (χ1v) is 5.94. The molecule has 4 heteroatoms. The van der Waals surface area contributed by atoms with Crippen LogP contribution in [0.5, 0.6) is 0 Å². The van der Waals surface area contributed by atoms with Gasteiger partial charge in [0, 0.05) is 19.0 Å². The zero-order valence-electron chi connectivity index (χ0n) is 8.56. The Morgan fingerprint density at radius 2 is 2.43 bits per heavy atom. The predicted octanol–water partition coefficient (Wildman–Crippen LogP) is 2.24. The first kappa shape index (κ1) is 11.6. The highest BCUT2D eigenvalue weighted by Crippen LogP contribution is 2.11. The van der Waals surface area contributed by atoms with E-state index in [1.54, 1.807) is 11.3 Å². The summed E-state index contributed by atoms with van der Waals surface area (Å²) < 4.78 is 0. The van der Waals surface area contributed by atoms with Crippen LogP contribution in [0.2, 0.25) is 0 Å². The van der Waals surface area contributed by atoms with Gasteiger partial charge in [0.2, 0.25) is 0 Å². The number of thiocarbonyl (C=S) groups is 1. The van der Waals surface area contributed by atoms with Crippen molar-refractivity contribution >= 4 is 28.5 Å². The van der Waals surface area contributed by atoms with E-state index in [0.717, 1.165) is 13.0 Å². The summed E-state index contributed by atoms with van der Waals surface area (Å²) in [6, 6.07) is 2.56. The number of thiophene rings is 1. The van der Waals surface area contributed by atoms with Gasteiger partial charge in [0.25, 0.3) is 0 Å². The third kappa shape index (κ3) is 3.74. The van der Waals surface area contributed by atoms with E-state index in [0.29, 0.717) is 11.0 Å². The molecule has 2 N–H and O–H groups in total. The number of nitrogens with zero attached hydrogens (tertiary/aromatic N) is 1. The molecular formula is C10H16N2S2. The van der Waals surface area contributed by atoms with Crippen LogP contribution in [0.25, 0.3) is 0 Å². The highest BCUT2D eigenvalue weighted by Gasteiger charge is 2.10. The summed E-state index contributed by atoms with van der Waals surface area (Å²) in [5, 5.41) is 4.27. The molecular weight excluding hydrogens is 212 g/mol. The van der Waals surface area contributed by atoms with Gasteiger partial charge in [-0.15, -0.1) is 0 Å². The highest BCUT2D eigenvalue weighted by atomic mass is 32.1. The van der Waals surface area contributed by atoms with Crippen LogP contribution in [-0.4, -0.2) is 23.0 Å². The lowest BCUT2D eigenvalue weighted by molar-refractivity contribution is 0.255. The first-order chi connectivity index (χ1) is 6.59. The van der Waals surface area contributed by atoms with Crippen LogP contribution in [0.4, 0.5) is 0 Å². The van der Waals surface area contributed by atoms with E-state index in [-0.39, 0.29) is 0 Å². The molecule has 1 unspecified atom stereocenters. The normalized spacial score (nSPS) is 13.1. The predicted molar refractivity (Wildman–Crippen MR) is 66.7 cm³/mol. The Balaban J connectivity index is 2.41. The highest BCUT2D eigenvalue weighted by molar-refractivity contribution is 7.80. The van der Waals surface area contributed by atoms with Gasteiger partial charge in [-0.1, -0.05) is 12.2 Å². The lowest BCUT2D eigenvalue weighted by Gasteiger charge is -2.23. The van der Waals surface area contributed by atoms with Gasteiger partial charge in [0.1, 0.15) is 0 Å². The number of hydrogen-bond donors (Lipinski definition) is 1. The second-order valence-corrected chi connectivity index (χ2v) is 4.87. The molecule has 0 fully saturated rings. The van der Waals surface area contributed by atoms with Crippen LogP contribution >= 0.6 is 23.6 Å². The molecule has 1 atom stereocenters. The second kappa shape index (κ2) is 5.44. The average Bonchev–Trinajstić information content (AvgIpc) is 2.55. The van der Waals surface area contributed by atoms with Gasteiger partial charge >= 0.3 is 0 Å². The van der Waals surface area contributed by atoms with Crippen LogP contribution in [0.3, 0.4) is 0 Å². The van der Waals surface area contributed by atoms with Gasteiger partial charge < -0.3 is 5.73 Å². The van der Waals surface area contributed by atoms with Crippen LogP contribution in [0.1, 0.15) is 18.9 Å². The minimum absolute atomic E-state index is 0.410. The van der Waals surface area contributed by atoms with Crippen molar-refractivity contribution in [1.82, 2.24) is 4.90 Å². The standard InChI is InChI=1S/C10H16N2S2/c1-8(5-10(11)13)12(2)6-9-3-4-14-7-9/h3-4,7-8H,5-6H2,1-2H3,(H2,11,13). The molecule has 0 saturated heterocycles. The van der Waals surface area contributed by atoms with Crippen LogP contribution in [0.15, 0.2) is 16.8 Å². The summed E-state index contributed by atoms with van der Waals surface area (Å²) in [7, 11) is 2.10. The summed E-state index contributed by atoms with van der Waals surface area (Å²) in [5.41, 5.74) is 6.87. The molecule has 0 radical (unpaired) electrons. The molecule has 0 bridgehead atoms. The third-order valence-electron chi connectivity index (χ3n) is 2.26. The summed E-state index contributed by atoms with van der Waals surface area (Å²) in [4.78, 5) is 2.86. The van der Waals surface area contributed by atoms with Crippen LogP contribution in [0, 0.1) is 0 Å². The Hall–Kier alpha value is -0.450. The van der Waals surface area contributed by atoms with E-state index in [2.05, 4.69) is 35.7 Å². The molecule has 0 aliphatic carbocycles. The summed E-state index contributed by atoms with van der Waals surface area (Å²) in [6.07, 6.45) is 0.788. The van der Waals surface area contributed by atoms with Gasteiger partial charge in [-0.25, -0.2) is 0 Å². The molecule has 0 aliphatic heterocycles. The van der Waals surface area contributed by atoms with E-state index in [4.69, 9.17) is 18.0 Å². The molecule has 0 saturated carbocycles. The Kier molecular flexibility index (Phi) is 4.51. The molecule has 2 nitrogen and oxygen atoms in total. The van der Waals surface area contributed by atoms with Crippen LogP contribution < -0.4 is 5.73 Å². The van der Waals surface area contributed by atoms with Crippen molar-refractivity contribution in [2.24, 2.45) is 5.73 Å². The van der Waals surface area contributed by atoms with E-state index < -0.39 is 0 Å². The Morgan fingerprint density at radius 3 is 2.93 bits per heavy atom. The molecule has 78 valence electrons. The number of rotatable bonds is 5. The van der Waals surface area contributed by atoms with Gasteiger partial charge in [-0.2, -0.15) is 11.3 Å². The SMILES string of the molecule is CC(CC(N)=S)N(C)Cc1ccsc1. The smallest absolute Gasteiger partial charge is 0.0742 e. The largest absolute Gasteiger partial charge is 0.393 e. The van der Waals surface area contributed by atoms with Crippen molar-refractivity contribution in [3.05, 3.63) is 22.4 Å². The van der Waals surface area contributed by atoms with Gasteiger partial charge in [0.15, 0.2) is 0 Å². The van der Waals surface area contributed by atoms with E-state index in [9.17, 15) is 0 Å². The fraction of sp³-hybridized carbons (Fsp3) is 0.500. The van der Waals surface area contributed by atoms with Crippen molar-refractivity contribution in [1.29, 1.82) is 0 Å². The third-order valence-corrected chi connectivity index (χ3v) is 3.16. The minimum Gasteiger partial charge on any atom is -0.393 e. The van der Waals surface area contributed by atoms with E-state index >= 15 is 0 Å². The molecule has 0 aromatic carbocycles. The molecule has 14 heavy (non-hydrogen) atoms. The fourth-order valence-corrected chi connectivity index (χ4v) is 2.17. The number of nitrogens with two attached hydrogens (primary N) is 1. The molecule has 0 spiro atoms. The molecule has 1 heterocycles. The van der Waals surface area contributed by atoms with Crippen molar-refractivity contribution in [3.63, 3.8) is 0 Å². The van der Waals surface area contributed by atoms with Crippen molar-refractivity contribution in [3.8, 4) is 0 Å². The van der Waals surface area contributed by atoms with Gasteiger partial charge in [0.05, 0.1) is 4.99 Å². The topological polar surface area (TPSA) is 29.3 Å². The lowest BCUT2D eigenvalue weighted by atomic mass is 10.2. The number of hydrogen-bond acceptors (Lipinski definition) is 3. The van der Waals surface area contributed by atoms with E-state index in [1.807, 2.05) is 0 Å². The van der Waals surface area contributed by atoms with Crippen molar-refractivity contribution in [2.45, 2.75) is 25.9 Å². The van der Waals surface area contributed by atoms with Crippen molar-refractivity contribution < 1.29 is 0 Å². The molecule has 0 aliphatic rings. The molecule has 1 aromatic rings. The second-order valence-electron chi connectivity index (χ2n) is 3.57. The molecule has 0 amide bonds. The monoisotopic (exact) mass is 228 g/mol. The van der Waals surface area contributed by atoms with Gasteiger partial charge in [-0.3, -0.25) is 4.90 Å². The minimum atomic E-state index is 0.410. The maximum atomic E-state index is 5.51. The maximum Gasteiger partial charge on any atom is 0.0742 e. The van der Waals surface area contributed by atoms with Gasteiger partial charge in [-0.05, 0) is 36.4 Å². The average molecular weight is 228 g/mol. The zero-order valence-corrected chi connectivity index (χ0v) is 10.2.